The third-order valence-electron chi connectivity index (χ3n) is 4.26. The van der Waals surface area contributed by atoms with E-state index in [4.69, 9.17) is 0 Å². The molecule has 0 saturated heterocycles. The van der Waals surface area contributed by atoms with Gasteiger partial charge in [-0.15, -0.1) is 23.1 Å². The molecule has 0 fully saturated rings. The van der Waals surface area contributed by atoms with Crippen LogP contribution in [0.25, 0.3) is 10.2 Å². The zero-order valence-corrected chi connectivity index (χ0v) is 17.3. The quantitative estimate of drug-likeness (QED) is 0.555. The number of amides is 2. The molecule has 0 aliphatic carbocycles. The van der Waals surface area contributed by atoms with Crippen LogP contribution in [0.1, 0.15) is 33.5 Å². The highest BCUT2D eigenvalue weighted by Gasteiger charge is 2.17. The maximum atomic E-state index is 12.3. The number of fused-ring (bicyclic) bond motifs is 1. The smallest absolute Gasteiger partial charge is 0.269 e. The summed E-state index contributed by atoms with van der Waals surface area (Å²) in [6.07, 6.45) is 0. The predicted molar refractivity (Wildman–Crippen MR) is 113 cm³/mol. The number of thioether (sulfide) groups is 1. The molecule has 0 aliphatic rings. The summed E-state index contributed by atoms with van der Waals surface area (Å²) < 4.78 is 0. The molecule has 0 bridgehead atoms. The van der Waals surface area contributed by atoms with Gasteiger partial charge in [-0.3, -0.25) is 25.2 Å². The SMILES string of the molecule is Cc1sc2nc(CS[C@@H](C)C(=O)NNC(=O)c3ccccc3)[nH]c(=O)c2c1C. The molecule has 2 heterocycles. The molecule has 0 saturated carbocycles. The number of rotatable bonds is 5. The normalized spacial score (nSPS) is 12.0. The number of nitrogens with zero attached hydrogens (tertiary/aromatic N) is 1. The van der Waals surface area contributed by atoms with Crippen LogP contribution in [-0.2, 0) is 10.5 Å². The van der Waals surface area contributed by atoms with Crippen molar-refractivity contribution >= 4 is 45.1 Å². The van der Waals surface area contributed by atoms with Crippen LogP contribution >= 0.6 is 23.1 Å². The van der Waals surface area contributed by atoms with Gasteiger partial charge in [0.2, 0.25) is 0 Å². The fourth-order valence-electron chi connectivity index (χ4n) is 2.53. The number of aryl methyl sites for hydroxylation is 2. The molecule has 0 aliphatic heterocycles. The van der Waals surface area contributed by atoms with Gasteiger partial charge in [-0.2, -0.15) is 0 Å². The Morgan fingerprint density at radius 2 is 1.93 bits per heavy atom. The Bertz CT molecular complexity index is 1080. The summed E-state index contributed by atoms with van der Waals surface area (Å²) in [4.78, 5) is 45.5. The number of hydrazine groups is 1. The van der Waals surface area contributed by atoms with Gasteiger partial charge in [0.05, 0.1) is 16.4 Å². The molecule has 28 heavy (non-hydrogen) atoms. The van der Waals surface area contributed by atoms with Crippen LogP contribution in [0, 0.1) is 13.8 Å². The van der Waals surface area contributed by atoms with E-state index in [1.54, 1.807) is 31.2 Å². The summed E-state index contributed by atoms with van der Waals surface area (Å²) in [5.41, 5.74) is 6.07. The molecule has 7 nitrogen and oxygen atoms in total. The molecule has 2 amide bonds. The zero-order valence-electron chi connectivity index (χ0n) is 15.7. The highest BCUT2D eigenvalue weighted by Crippen LogP contribution is 2.26. The molecule has 0 unspecified atom stereocenters. The summed E-state index contributed by atoms with van der Waals surface area (Å²) in [6, 6.07) is 8.62. The van der Waals surface area contributed by atoms with Crippen molar-refractivity contribution in [3.63, 3.8) is 0 Å². The number of thiophene rings is 1. The first kappa shape index (κ1) is 20.1. The minimum absolute atomic E-state index is 0.158. The lowest BCUT2D eigenvalue weighted by Gasteiger charge is -2.12. The van der Waals surface area contributed by atoms with E-state index in [1.165, 1.54) is 23.1 Å². The largest absolute Gasteiger partial charge is 0.309 e. The van der Waals surface area contributed by atoms with Gasteiger partial charge in [-0.25, -0.2) is 4.98 Å². The monoisotopic (exact) mass is 416 g/mol. The van der Waals surface area contributed by atoms with E-state index in [2.05, 4.69) is 20.8 Å². The zero-order chi connectivity index (χ0) is 20.3. The maximum Gasteiger partial charge on any atom is 0.269 e. The molecule has 3 rings (SSSR count). The van der Waals surface area contributed by atoms with Crippen LogP contribution in [0.2, 0.25) is 0 Å². The summed E-state index contributed by atoms with van der Waals surface area (Å²) in [5.74, 6) is 0.186. The molecule has 9 heteroatoms. The highest BCUT2D eigenvalue weighted by molar-refractivity contribution is 7.99. The van der Waals surface area contributed by atoms with E-state index in [0.717, 1.165) is 10.4 Å². The van der Waals surface area contributed by atoms with E-state index in [9.17, 15) is 14.4 Å². The van der Waals surface area contributed by atoms with Crippen molar-refractivity contribution in [1.82, 2.24) is 20.8 Å². The van der Waals surface area contributed by atoms with Crippen molar-refractivity contribution in [3.05, 3.63) is 62.5 Å². The fourth-order valence-corrected chi connectivity index (χ4v) is 4.33. The third kappa shape index (κ3) is 4.42. The molecule has 2 aromatic heterocycles. The molecule has 1 atom stereocenters. The number of nitrogens with one attached hydrogen (secondary N) is 3. The van der Waals surface area contributed by atoms with Gasteiger partial charge in [0.1, 0.15) is 10.7 Å². The lowest BCUT2D eigenvalue weighted by Crippen LogP contribution is -2.44. The van der Waals surface area contributed by atoms with Gasteiger partial charge in [0.25, 0.3) is 17.4 Å². The molecule has 0 spiro atoms. The second-order valence-corrected chi connectivity index (χ2v) is 8.77. The number of aromatic nitrogens is 2. The van der Waals surface area contributed by atoms with Crippen molar-refractivity contribution in [1.29, 1.82) is 0 Å². The predicted octanol–water partition coefficient (Wildman–Crippen LogP) is 2.68. The van der Waals surface area contributed by atoms with Crippen LogP contribution in [0.15, 0.2) is 35.1 Å². The van der Waals surface area contributed by atoms with Gasteiger partial charge in [0, 0.05) is 10.4 Å². The Morgan fingerprint density at radius 3 is 2.64 bits per heavy atom. The number of H-pyrrole nitrogens is 1. The van der Waals surface area contributed by atoms with Gasteiger partial charge < -0.3 is 4.98 Å². The van der Waals surface area contributed by atoms with Gasteiger partial charge in [0.15, 0.2) is 0 Å². The molecular weight excluding hydrogens is 396 g/mol. The van der Waals surface area contributed by atoms with Gasteiger partial charge in [-0.1, -0.05) is 18.2 Å². The van der Waals surface area contributed by atoms with Gasteiger partial charge >= 0.3 is 0 Å². The van der Waals surface area contributed by atoms with E-state index < -0.39 is 5.25 Å². The average molecular weight is 417 g/mol. The average Bonchev–Trinajstić information content (AvgIpc) is 2.98. The van der Waals surface area contributed by atoms with E-state index >= 15 is 0 Å². The Morgan fingerprint density at radius 1 is 1.21 bits per heavy atom. The maximum absolute atomic E-state index is 12.3. The standard InChI is InChI=1S/C19H20N4O3S2/c1-10-11(2)28-19-15(10)18(26)20-14(21-19)9-27-12(3)16(24)22-23-17(25)13-7-5-4-6-8-13/h4-8,12H,9H2,1-3H3,(H,22,24)(H,23,25)(H,20,21,26)/t12-/m0/s1. The van der Waals surface area contributed by atoms with Crippen LogP contribution in [0.4, 0.5) is 0 Å². The molecular formula is C19H20N4O3S2. The first-order valence-electron chi connectivity index (χ1n) is 8.62. The number of benzene rings is 1. The number of hydrogen-bond acceptors (Lipinski definition) is 6. The number of carbonyl (C=O) groups excluding carboxylic acids is 2. The van der Waals surface area contributed by atoms with Crippen LogP contribution < -0.4 is 16.4 Å². The summed E-state index contributed by atoms with van der Waals surface area (Å²) in [5, 5.41) is 0.189. The van der Waals surface area contributed by atoms with Crippen molar-refractivity contribution in [2.75, 3.05) is 0 Å². The lowest BCUT2D eigenvalue weighted by molar-refractivity contribution is -0.121. The third-order valence-corrected chi connectivity index (χ3v) is 6.52. The molecule has 146 valence electrons. The second-order valence-electron chi connectivity index (χ2n) is 6.24. The van der Waals surface area contributed by atoms with E-state index in [-0.39, 0.29) is 17.4 Å². The molecule has 0 radical (unpaired) electrons. The second kappa shape index (κ2) is 8.57. The summed E-state index contributed by atoms with van der Waals surface area (Å²) in [7, 11) is 0. The molecule has 3 N–H and O–H groups in total. The van der Waals surface area contributed by atoms with Crippen LogP contribution in [-0.4, -0.2) is 27.0 Å². The Kier molecular flexibility index (Phi) is 6.15. The number of aromatic amines is 1. The van der Waals surface area contributed by atoms with Crippen molar-refractivity contribution in [3.8, 4) is 0 Å². The van der Waals surface area contributed by atoms with Crippen LogP contribution in [0.3, 0.4) is 0 Å². The molecule has 1 aromatic carbocycles. The first-order chi connectivity index (χ1) is 13.4. The van der Waals surface area contributed by atoms with Crippen molar-refractivity contribution in [2.45, 2.75) is 31.8 Å². The van der Waals surface area contributed by atoms with E-state index in [1.807, 2.05) is 19.9 Å². The summed E-state index contributed by atoms with van der Waals surface area (Å²) in [6.45, 7) is 5.60. The highest BCUT2D eigenvalue weighted by atomic mass is 32.2. The number of hydrogen-bond donors (Lipinski definition) is 3. The minimum atomic E-state index is -0.441. The first-order valence-corrected chi connectivity index (χ1v) is 10.5. The Labute approximate surface area is 169 Å². The fraction of sp³-hybridized carbons (Fsp3) is 0.263. The Balaban J connectivity index is 1.57. The van der Waals surface area contributed by atoms with Crippen LogP contribution in [0.5, 0.6) is 0 Å². The summed E-state index contributed by atoms with van der Waals surface area (Å²) >= 11 is 2.81. The van der Waals surface area contributed by atoms with E-state index in [0.29, 0.717) is 27.4 Å². The topological polar surface area (TPSA) is 104 Å². The molecule has 3 aromatic rings. The number of carbonyl (C=O) groups is 2. The van der Waals surface area contributed by atoms with Crippen molar-refractivity contribution < 1.29 is 9.59 Å². The lowest BCUT2D eigenvalue weighted by atomic mass is 10.2. The Hall–Kier alpha value is -2.65. The van der Waals surface area contributed by atoms with Gasteiger partial charge in [-0.05, 0) is 38.5 Å². The van der Waals surface area contributed by atoms with Crippen molar-refractivity contribution in [2.24, 2.45) is 0 Å². The minimum Gasteiger partial charge on any atom is -0.309 e.